The fourth-order valence-corrected chi connectivity index (χ4v) is 6.54. The predicted molar refractivity (Wildman–Crippen MR) is 139 cm³/mol. The second-order valence-corrected chi connectivity index (χ2v) is 12.1. The third kappa shape index (κ3) is 3.47. The number of amides is 2. The molecule has 1 aromatic heterocycles. The van der Waals surface area contributed by atoms with E-state index in [0.29, 0.717) is 18.7 Å². The molecule has 0 radical (unpaired) electrons. The van der Waals surface area contributed by atoms with Crippen LogP contribution in [0.4, 0.5) is 0 Å². The van der Waals surface area contributed by atoms with E-state index in [4.69, 9.17) is 4.74 Å². The zero-order valence-electron chi connectivity index (χ0n) is 21.6. The SMILES string of the molecule is C[C@H](c1ccc(C(=O)NC23CCC2OC3)cc1)N1Cc2cc(-c3n[nH]c4c3CC(C)(C)C4)ccc2C1=O. The van der Waals surface area contributed by atoms with Crippen molar-refractivity contribution in [3.63, 3.8) is 0 Å². The summed E-state index contributed by atoms with van der Waals surface area (Å²) in [5.41, 5.74) is 8.16. The van der Waals surface area contributed by atoms with Crippen molar-refractivity contribution in [2.75, 3.05) is 6.61 Å². The molecule has 2 unspecified atom stereocenters. The van der Waals surface area contributed by atoms with Gasteiger partial charge in [-0.2, -0.15) is 5.10 Å². The molecule has 3 aromatic rings. The van der Waals surface area contributed by atoms with Crippen LogP contribution in [0.2, 0.25) is 0 Å². The number of rotatable bonds is 5. The third-order valence-corrected chi connectivity index (χ3v) is 8.97. The number of benzene rings is 2. The Morgan fingerprint density at radius 1 is 1.19 bits per heavy atom. The van der Waals surface area contributed by atoms with Crippen LogP contribution in [0.3, 0.4) is 0 Å². The highest BCUT2D eigenvalue weighted by molar-refractivity contribution is 5.99. The molecule has 7 rings (SSSR count). The molecule has 37 heavy (non-hydrogen) atoms. The first-order chi connectivity index (χ1) is 17.7. The van der Waals surface area contributed by atoms with Gasteiger partial charge >= 0.3 is 0 Å². The molecule has 2 fully saturated rings. The second-order valence-electron chi connectivity index (χ2n) is 12.1. The number of aromatic nitrogens is 2. The van der Waals surface area contributed by atoms with Crippen LogP contribution in [0.5, 0.6) is 0 Å². The fourth-order valence-electron chi connectivity index (χ4n) is 6.54. The number of carbonyl (C=O) groups excluding carboxylic acids is 2. The Hall–Kier alpha value is -3.45. The largest absolute Gasteiger partial charge is 0.373 e. The first kappa shape index (κ1) is 22.7. The predicted octanol–water partition coefficient (Wildman–Crippen LogP) is 4.58. The first-order valence-electron chi connectivity index (χ1n) is 13.3. The van der Waals surface area contributed by atoms with E-state index in [-0.39, 0.29) is 34.9 Å². The molecule has 4 aliphatic rings. The quantitative estimate of drug-likeness (QED) is 0.541. The molecular formula is C30H32N4O3. The normalized spacial score (nSPS) is 25.5. The summed E-state index contributed by atoms with van der Waals surface area (Å²) in [6.45, 7) is 7.80. The fraction of sp³-hybridized carbons (Fsp3) is 0.433. The summed E-state index contributed by atoms with van der Waals surface area (Å²) < 4.78 is 5.51. The number of hydrogen-bond donors (Lipinski definition) is 2. The maximum Gasteiger partial charge on any atom is 0.255 e. The number of ether oxygens (including phenoxy) is 1. The molecule has 2 aromatic carbocycles. The molecule has 0 bridgehead atoms. The van der Waals surface area contributed by atoms with E-state index in [1.54, 1.807) is 0 Å². The molecule has 190 valence electrons. The lowest BCUT2D eigenvalue weighted by atomic mass is 9.70. The lowest BCUT2D eigenvalue weighted by Crippen LogP contribution is -2.74. The summed E-state index contributed by atoms with van der Waals surface area (Å²) in [6, 6.07) is 13.6. The second kappa shape index (κ2) is 7.78. The van der Waals surface area contributed by atoms with E-state index < -0.39 is 0 Å². The molecule has 1 saturated carbocycles. The Balaban J connectivity index is 1.07. The monoisotopic (exact) mass is 496 g/mol. The molecule has 2 N–H and O–H groups in total. The summed E-state index contributed by atoms with van der Waals surface area (Å²) in [5.74, 6) is -0.0120. The molecule has 2 aliphatic carbocycles. The number of nitrogens with one attached hydrogen (secondary N) is 2. The number of hydrogen-bond acceptors (Lipinski definition) is 4. The Labute approximate surface area is 216 Å². The molecule has 7 heteroatoms. The van der Waals surface area contributed by atoms with Gasteiger partial charge in [0.15, 0.2) is 0 Å². The minimum Gasteiger partial charge on any atom is -0.373 e. The van der Waals surface area contributed by atoms with E-state index in [0.717, 1.165) is 53.6 Å². The van der Waals surface area contributed by atoms with Gasteiger partial charge in [-0.15, -0.1) is 0 Å². The van der Waals surface area contributed by atoms with Crippen molar-refractivity contribution >= 4 is 11.8 Å². The van der Waals surface area contributed by atoms with Crippen molar-refractivity contribution in [1.29, 1.82) is 0 Å². The van der Waals surface area contributed by atoms with Crippen LogP contribution in [0.15, 0.2) is 42.5 Å². The van der Waals surface area contributed by atoms with Gasteiger partial charge in [-0.1, -0.05) is 32.0 Å². The molecular weight excluding hydrogens is 464 g/mol. The van der Waals surface area contributed by atoms with Gasteiger partial charge in [0.05, 0.1) is 30.0 Å². The van der Waals surface area contributed by atoms with Gasteiger partial charge in [0.1, 0.15) is 0 Å². The Kier molecular flexibility index (Phi) is 4.78. The number of aromatic amines is 1. The minimum absolute atomic E-state index is 0.0457. The van der Waals surface area contributed by atoms with Crippen LogP contribution in [-0.4, -0.2) is 45.2 Å². The third-order valence-electron chi connectivity index (χ3n) is 8.97. The summed E-state index contributed by atoms with van der Waals surface area (Å²) in [7, 11) is 0. The maximum absolute atomic E-state index is 13.3. The smallest absolute Gasteiger partial charge is 0.255 e. The van der Waals surface area contributed by atoms with E-state index in [1.807, 2.05) is 48.2 Å². The van der Waals surface area contributed by atoms with Gasteiger partial charge in [-0.05, 0) is 73.4 Å². The van der Waals surface area contributed by atoms with Gasteiger partial charge in [0, 0.05) is 34.5 Å². The average Bonchev–Trinajstić information content (AvgIpc) is 3.51. The summed E-state index contributed by atoms with van der Waals surface area (Å²) in [6.07, 6.45) is 4.21. The number of nitrogens with zero attached hydrogens (tertiary/aromatic N) is 2. The van der Waals surface area contributed by atoms with E-state index in [2.05, 4.69) is 35.4 Å². The topological polar surface area (TPSA) is 87.3 Å². The zero-order chi connectivity index (χ0) is 25.5. The van der Waals surface area contributed by atoms with Crippen LogP contribution in [-0.2, 0) is 24.1 Å². The Morgan fingerprint density at radius 3 is 2.68 bits per heavy atom. The van der Waals surface area contributed by atoms with Gasteiger partial charge in [-0.3, -0.25) is 14.7 Å². The van der Waals surface area contributed by atoms with Gasteiger partial charge < -0.3 is 15.0 Å². The zero-order valence-corrected chi connectivity index (χ0v) is 21.6. The summed E-state index contributed by atoms with van der Waals surface area (Å²) >= 11 is 0. The highest BCUT2D eigenvalue weighted by Crippen LogP contribution is 2.44. The van der Waals surface area contributed by atoms with Crippen molar-refractivity contribution in [1.82, 2.24) is 20.4 Å². The molecule has 3 atom stereocenters. The Morgan fingerprint density at radius 2 is 2.00 bits per heavy atom. The lowest BCUT2D eigenvalue weighted by molar-refractivity contribution is -0.203. The van der Waals surface area contributed by atoms with Crippen LogP contribution >= 0.6 is 0 Å². The standard InChI is InChI=1S/C30H32N4O3/c1-17(18-4-6-19(7-5-18)27(35)31-30-11-10-25(30)37-16-30)34-15-21-12-20(8-9-22(21)28(34)36)26-23-13-29(2,3)14-24(23)32-33-26/h4-9,12,17,25H,10-11,13-16H2,1-3H3,(H,31,35)(H,32,33)/t17-,25?,30?/m1/s1. The first-order valence-corrected chi connectivity index (χ1v) is 13.3. The Bertz CT molecular complexity index is 1430. The summed E-state index contributed by atoms with van der Waals surface area (Å²) in [5, 5.41) is 11.0. The summed E-state index contributed by atoms with van der Waals surface area (Å²) in [4.78, 5) is 28.0. The number of fused-ring (bicyclic) bond motifs is 3. The van der Waals surface area contributed by atoms with Crippen LogP contribution in [0, 0.1) is 5.41 Å². The molecule has 2 amide bonds. The van der Waals surface area contributed by atoms with Crippen molar-refractivity contribution in [3.8, 4) is 11.3 Å². The van der Waals surface area contributed by atoms with Crippen LogP contribution in [0.1, 0.15) is 82.8 Å². The minimum atomic E-state index is -0.151. The molecule has 0 spiro atoms. The average molecular weight is 497 g/mol. The van der Waals surface area contributed by atoms with E-state index >= 15 is 0 Å². The van der Waals surface area contributed by atoms with Crippen molar-refractivity contribution in [2.45, 2.75) is 70.7 Å². The molecule has 3 heterocycles. The molecule has 2 aliphatic heterocycles. The lowest BCUT2D eigenvalue weighted by Gasteiger charge is -2.57. The van der Waals surface area contributed by atoms with Crippen molar-refractivity contribution in [3.05, 3.63) is 76.0 Å². The maximum atomic E-state index is 13.3. The van der Waals surface area contributed by atoms with Crippen molar-refractivity contribution in [2.24, 2.45) is 5.41 Å². The highest BCUT2D eigenvalue weighted by Gasteiger charge is 2.56. The van der Waals surface area contributed by atoms with Crippen LogP contribution in [0.25, 0.3) is 11.3 Å². The highest BCUT2D eigenvalue weighted by atomic mass is 16.5. The molecule has 1 saturated heterocycles. The van der Waals surface area contributed by atoms with Gasteiger partial charge in [-0.25, -0.2) is 0 Å². The van der Waals surface area contributed by atoms with Crippen LogP contribution < -0.4 is 5.32 Å². The van der Waals surface area contributed by atoms with Gasteiger partial charge in [0.2, 0.25) is 0 Å². The van der Waals surface area contributed by atoms with E-state index in [1.165, 1.54) is 11.3 Å². The van der Waals surface area contributed by atoms with Gasteiger partial charge in [0.25, 0.3) is 11.8 Å². The number of H-pyrrole nitrogens is 1. The van der Waals surface area contributed by atoms with E-state index in [9.17, 15) is 9.59 Å². The number of carbonyl (C=O) groups is 2. The molecule has 7 nitrogen and oxygen atoms in total. The van der Waals surface area contributed by atoms with Crippen molar-refractivity contribution < 1.29 is 14.3 Å².